The third kappa shape index (κ3) is 5.46. The Morgan fingerprint density at radius 3 is 2.34 bits per heavy atom. The van der Waals surface area contributed by atoms with Crippen LogP contribution in [0.3, 0.4) is 0 Å². The molecule has 0 aromatic heterocycles. The normalized spacial score (nSPS) is 18.8. The van der Waals surface area contributed by atoms with Crippen LogP contribution in [0.15, 0.2) is 48.5 Å². The van der Waals surface area contributed by atoms with Crippen LogP contribution < -0.4 is 5.32 Å². The molecule has 0 bridgehead atoms. The number of benzene rings is 2. The molecule has 9 heteroatoms. The Morgan fingerprint density at radius 1 is 1.11 bits per heavy atom. The molecule has 186 valence electrons. The SMILES string of the molecule is CO[C@H](C)[C@H](NC(=O)OCC1c2ccccc2-c2ccccc21)C(=O)N1CCSCC1CC(=O)O. The molecule has 3 atom stereocenters. The van der Waals surface area contributed by atoms with E-state index in [0.29, 0.717) is 18.1 Å². The van der Waals surface area contributed by atoms with Crippen LogP contribution in [0, 0.1) is 0 Å². The molecule has 1 unspecified atom stereocenters. The molecule has 2 aromatic rings. The lowest BCUT2D eigenvalue weighted by Crippen LogP contribution is -2.58. The van der Waals surface area contributed by atoms with Crippen molar-refractivity contribution in [2.24, 2.45) is 0 Å². The number of hydrogen-bond donors (Lipinski definition) is 2. The van der Waals surface area contributed by atoms with Crippen LogP contribution in [0.25, 0.3) is 11.1 Å². The lowest BCUT2D eigenvalue weighted by atomic mass is 9.98. The number of carbonyl (C=O) groups excluding carboxylic acids is 2. The van der Waals surface area contributed by atoms with Gasteiger partial charge in [0.15, 0.2) is 0 Å². The molecular weight excluding hydrogens is 468 g/mol. The summed E-state index contributed by atoms with van der Waals surface area (Å²) >= 11 is 1.62. The molecule has 2 aliphatic rings. The van der Waals surface area contributed by atoms with Gasteiger partial charge in [-0.05, 0) is 29.2 Å². The minimum atomic E-state index is -0.991. The second-order valence-corrected chi connectivity index (χ2v) is 9.90. The first-order valence-corrected chi connectivity index (χ1v) is 12.8. The molecule has 0 radical (unpaired) electrons. The van der Waals surface area contributed by atoms with Crippen LogP contribution in [0.5, 0.6) is 0 Å². The average molecular weight is 499 g/mol. The standard InChI is InChI=1S/C26H30N2O6S/c1-16(33-2)24(25(31)28-11-12-35-15-17(28)13-23(29)30)27-26(32)34-14-22-20-9-5-3-7-18(20)19-8-4-6-10-21(19)22/h3-10,16-17,22,24H,11-15H2,1-2H3,(H,27,32)(H,29,30)/t16-,17?,24+/m1/s1. The van der Waals surface area contributed by atoms with E-state index in [1.54, 1.807) is 23.6 Å². The monoisotopic (exact) mass is 498 g/mol. The number of rotatable bonds is 8. The number of carbonyl (C=O) groups is 3. The van der Waals surface area contributed by atoms with Gasteiger partial charge in [0.1, 0.15) is 12.6 Å². The van der Waals surface area contributed by atoms with Crippen molar-refractivity contribution in [2.45, 2.75) is 37.5 Å². The van der Waals surface area contributed by atoms with Gasteiger partial charge in [-0.3, -0.25) is 9.59 Å². The summed E-state index contributed by atoms with van der Waals surface area (Å²) < 4.78 is 11.0. The number of methoxy groups -OCH3 is 1. The maximum absolute atomic E-state index is 13.4. The van der Waals surface area contributed by atoms with E-state index in [9.17, 15) is 19.5 Å². The fourth-order valence-corrected chi connectivity index (χ4v) is 5.84. The van der Waals surface area contributed by atoms with Crippen LogP contribution in [-0.4, -0.2) is 77.9 Å². The molecule has 0 spiro atoms. The van der Waals surface area contributed by atoms with Gasteiger partial charge in [0.05, 0.1) is 18.6 Å². The number of aliphatic carboxylic acids is 1. The Kier molecular flexibility index (Phi) is 7.97. The summed E-state index contributed by atoms with van der Waals surface area (Å²) in [6.45, 7) is 2.24. The van der Waals surface area contributed by atoms with Crippen molar-refractivity contribution in [1.82, 2.24) is 10.2 Å². The topological polar surface area (TPSA) is 105 Å². The fourth-order valence-electron chi connectivity index (χ4n) is 4.78. The first kappa shape index (κ1) is 25.1. The molecule has 1 aliphatic heterocycles. The summed E-state index contributed by atoms with van der Waals surface area (Å²) in [6, 6.07) is 14.7. The zero-order chi connectivity index (χ0) is 24.9. The smallest absolute Gasteiger partial charge is 0.407 e. The molecule has 35 heavy (non-hydrogen) atoms. The Morgan fingerprint density at radius 2 is 1.74 bits per heavy atom. The van der Waals surface area contributed by atoms with Crippen molar-refractivity contribution in [3.63, 3.8) is 0 Å². The second kappa shape index (κ2) is 11.1. The van der Waals surface area contributed by atoms with Gasteiger partial charge in [0.2, 0.25) is 5.91 Å². The highest BCUT2D eigenvalue weighted by Crippen LogP contribution is 2.44. The third-order valence-electron chi connectivity index (χ3n) is 6.65. The van der Waals surface area contributed by atoms with Gasteiger partial charge >= 0.3 is 12.1 Å². The highest BCUT2D eigenvalue weighted by Gasteiger charge is 2.37. The van der Waals surface area contributed by atoms with Crippen LogP contribution in [-0.2, 0) is 19.1 Å². The van der Waals surface area contributed by atoms with Gasteiger partial charge in [0.25, 0.3) is 0 Å². The van der Waals surface area contributed by atoms with Gasteiger partial charge in [-0.15, -0.1) is 0 Å². The van der Waals surface area contributed by atoms with Crippen LogP contribution in [0.4, 0.5) is 4.79 Å². The van der Waals surface area contributed by atoms with Gasteiger partial charge < -0.3 is 24.8 Å². The molecule has 4 rings (SSSR count). The predicted octanol–water partition coefficient (Wildman–Crippen LogP) is 3.35. The molecule has 2 aromatic carbocycles. The summed E-state index contributed by atoms with van der Waals surface area (Å²) in [5, 5.41) is 11.9. The Balaban J connectivity index is 1.45. The number of alkyl carbamates (subject to hydrolysis) is 1. The van der Waals surface area contributed by atoms with Crippen molar-refractivity contribution in [3.8, 4) is 11.1 Å². The zero-order valence-electron chi connectivity index (χ0n) is 19.8. The van der Waals surface area contributed by atoms with Crippen molar-refractivity contribution in [2.75, 3.05) is 31.8 Å². The predicted molar refractivity (Wildman–Crippen MR) is 134 cm³/mol. The number of hydrogen-bond acceptors (Lipinski definition) is 6. The summed E-state index contributed by atoms with van der Waals surface area (Å²) in [5.74, 6) is -0.172. The van der Waals surface area contributed by atoms with Gasteiger partial charge in [-0.25, -0.2) is 4.79 Å². The van der Waals surface area contributed by atoms with E-state index in [2.05, 4.69) is 17.4 Å². The largest absolute Gasteiger partial charge is 0.481 e. The number of amides is 2. The van der Waals surface area contributed by atoms with E-state index in [4.69, 9.17) is 9.47 Å². The number of ether oxygens (including phenoxy) is 2. The molecule has 1 fully saturated rings. The Hall–Kier alpha value is -3.04. The van der Waals surface area contributed by atoms with Gasteiger partial charge in [0, 0.05) is 31.1 Å². The average Bonchev–Trinajstić information content (AvgIpc) is 3.19. The fraction of sp³-hybridized carbons (Fsp3) is 0.423. The second-order valence-electron chi connectivity index (χ2n) is 8.75. The lowest BCUT2D eigenvalue weighted by molar-refractivity contribution is -0.142. The van der Waals surface area contributed by atoms with Crippen molar-refractivity contribution < 1.29 is 29.0 Å². The Bertz CT molecular complexity index is 1050. The highest BCUT2D eigenvalue weighted by atomic mass is 32.2. The molecule has 0 saturated carbocycles. The molecule has 1 saturated heterocycles. The minimum Gasteiger partial charge on any atom is -0.481 e. The van der Waals surface area contributed by atoms with E-state index in [-0.39, 0.29) is 24.9 Å². The first-order valence-electron chi connectivity index (χ1n) is 11.6. The number of fused-ring (bicyclic) bond motifs is 3. The maximum Gasteiger partial charge on any atom is 0.407 e. The summed E-state index contributed by atoms with van der Waals surface area (Å²) in [6.07, 6.45) is -1.48. The number of thioether (sulfide) groups is 1. The molecule has 8 nitrogen and oxygen atoms in total. The maximum atomic E-state index is 13.4. The molecule has 1 aliphatic carbocycles. The minimum absolute atomic E-state index is 0.0961. The first-order chi connectivity index (χ1) is 16.9. The van der Waals surface area contributed by atoms with Crippen molar-refractivity contribution >= 4 is 29.7 Å². The van der Waals surface area contributed by atoms with E-state index >= 15 is 0 Å². The number of carboxylic acids is 1. The molecule has 2 N–H and O–H groups in total. The van der Waals surface area contributed by atoms with E-state index in [1.807, 2.05) is 36.4 Å². The lowest BCUT2D eigenvalue weighted by Gasteiger charge is -2.38. The number of nitrogens with zero attached hydrogens (tertiary/aromatic N) is 1. The highest BCUT2D eigenvalue weighted by molar-refractivity contribution is 7.99. The van der Waals surface area contributed by atoms with Crippen molar-refractivity contribution in [3.05, 3.63) is 59.7 Å². The quantitative estimate of drug-likeness (QED) is 0.575. The van der Waals surface area contributed by atoms with Gasteiger partial charge in [-0.2, -0.15) is 11.8 Å². The van der Waals surface area contributed by atoms with Crippen LogP contribution >= 0.6 is 11.8 Å². The summed E-state index contributed by atoms with van der Waals surface area (Å²) in [7, 11) is 1.46. The molecule has 1 heterocycles. The van der Waals surface area contributed by atoms with E-state index in [0.717, 1.165) is 22.3 Å². The van der Waals surface area contributed by atoms with Crippen LogP contribution in [0.2, 0.25) is 0 Å². The number of carboxylic acid groups (broad SMARTS) is 1. The Labute approximate surface area is 209 Å². The molecular formula is C26H30N2O6S. The zero-order valence-corrected chi connectivity index (χ0v) is 20.6. The third-order valence-corrected chi connectivity index (χ3v) is 7.74. The van der Waals surface area contributed by atoms with Gasteiger partial charge in [-0.1, -0.05) is 48.5 Å². The summed E-state index contributed by atoms with van der Waals surface area (Å²) in [5.41, 5.74) is 4.46. The van der Waals surface area contributed by atoms with Crippen LogP contribution in [0.1, 0.15) is 30.4 Å². The number of nitrogens with one attached hydrogen (secondary N) is 1. The molecule has 2 amide bonds. The van der Waals surface area contributed by atoms with Crippen molar-refractivity contribution in [1.29, 1.82) is 0 Å². The van der Waals surface area contributed by atoms with E-state index in [1.165, 1.54) is 7.11 Å². The summed E-state index contributed by atoms with van der Waals surface area (Å²) in [4.78, 5) is 39.1. The van der Waals surface area contributed by atoms with E-state index < -0.39 is 30.3 Å².